The van der Waals surface area contributed by atoms with Gasteiger partial charge >= 0.3 is 0 Å². The lowest BCUT2D eigenvalue weighted by Crippen LogP contribution is -2.31. The third-order valence-electron chi connectivity index (χ3n) is 2.76. The van der Waals surface area contributed by atoms with Crippen molar-refractivity contribution in [1.82, 2.24) is 10.4 Å². The Morgan fingerprint density at radius 3 is 2.85 bits per heavy atom. The summed E-state index contributed by atoms with van der Waals surface area (Å²) in [6, 6.07) is 0. The van der Waals surface area contributed by atoms with Gasteiger partial charge in [-0.2, -0.15) is 0 Å². The van der Waals surface area contributed by atoms with Crippen LogP contribution in [0.15, 0.2) is 11.8 Å². The summed E-state index contributed by atoms with van der Waals surface area (Å²) < 4.78 is 0. The summed E-state index contributed by atoms with van der Waals surface area (Å²) in [5.74, 6) is 0. The van der Waals surface area contributed by atoms with Crippen LogP contribution in [0.1, 0.15) is 25.7 Å². The molecule has 13 heavy (non-hydrogen) atoms. The third-order valence-corrected chi connectivity index (χ3v) is 2.76. The van der Waals surface area contributed by atoms with E-state index in [1.54, 1.807) is 0 Å². The van der Waals surface area contributed by atoms with Gasteiger partial charge in [0.25, 0.3) is 0 Å². The van der Waals surface area contributed by atoms with Crippen molar-refractivity contribution in [3.8, 4) is 0 Å². The average molecular weight is 182 g/mol. The van der Waals surface area contributed by atoms with Crippen molar-refractivity contribution in [2.75, 3.05) is 26.2 Å². The lowest BCUT2D eigenvalue weighted by atomic mass is 10.1. The number of rotatable bonds is 3. The second-order valence-electron chi connectivity index (χ2n) is 3.79. The SMILES string of the molecule is C1=C(CCN2CCCCC2)NOC1. The molecule has 0 unspecified atom stereocenters. The summed E-state index contributed by atoms with van der Waals surface area (Å²) in [6.07, 6.45) is 7.41. The highest BCUT2D eigenvalue weighted by atomic mass is 16.6. The highest BCUT2D eigenvalue weighted by Gasteiger charge is 2.11. The quantitative estimate of drug-likeness (QED) is 0.711. The van der Waals surface area contributed by atoms with Gasteiger partial charge in [-0.25, -0.2) is 0 Å². The monoisotopic (exact) mass is 182 g/mol. The van der Waals surface area contributed by atoms with Crippen molar-refractivity contribution >= 4 is 0 Å². The minimum Gasteiger partial charge on any atom is -0.303 e. The van der Waals surface area contributed by atoms with E-state index >= 15 is 0 Å². The van der Waals surface area contributed by atoms with Crippen molar-refractivity contribution in [3.05, 3.63) is 11.8 Å². The van der Waals surface area contributed by atoms with Crippen LogP contribution >= 0.6 is 0 Å². The van der Waals surface area contributed by atoms with Crippen LogP contribution in [-0.2, 0) is 4.84 Å². The van der Waals surface area contributed by atoms with E-state index in [2.05, 4.69) is 16.5 Å². The fourth-order valence-corrected chi connectivity index (χ4v) is 1.93. The van der Waals surface area contributed by atoms with E-state index in [1.807, 2.05) is 0 Å². The smallest absolute Gasteiger partial charge is 0.0947 e. The lowest BCUT2D eigenvalue weighted by molar-refractivity contribution is 0.105. The molecule has 74 valence electrons. The van der Waals surface area contributed by atoms with Crippen LogP contribution in [0.2, 0.25) is 0 Å². The Balaban J connectivity index is 1.66. The zero-order chi connectivity index (χ0) is 8.93. The molecule has 0 bridgehead atoms. The summed E-state index contributed by atoms with van der Waals surface area (Å²) in [7, 11) is 0. The molecule has 2 aliphatic heterocycles. The first kappa shape index (κ1) is 9.03. The van der Waals surface area contributed by atoms with Crippen LogP contribution in [0.5, 0.6) is 0 Å². The Labute approximate surface area is 79.7 Å². The van der Waals surface area contributed by atoms with Crippen molar-refractivity contribution in [3.63, 3.8) is 0 Å². The molecule has 1 fully saturated rings. The molecule has 0 aromatic heterocycles. The number of nitrogens with one attached hydrogen (secondary N) is 1. The Kier molecular flexibility index (Phi) is 3.22. The number of likely N-dealkylation sites (tertiary alicyclic amines) is 1. The molecule has 2 heterocycles. The maximum absolute atomic E-state index is 5.04. The second-order valence-corrected chi connectivity index (χ2v) is 3.79. The molecule has 3 heteroatoms. The van der Waals surface area contributed by atoms with Crippen molar-refractivity contribution in [2.45, 2.75) is 25.7 Å². The third kappa shape index (κ3) is 2.71. The number of hydrogen-bond acceptors (Lipinski definition) is 3. The number of hydrogen-bond donors (Lipinski definition) is 1. The predicted molar refractivity (Wildman–Crippen MR) is 52.1 cm³/mol. The molecule has 0 radical (unpaired) electrons. The highest BCUT2D eigenvalue weighted by molar-refractivity contribution is 5.01. The summed E-state index contributed by atoms with van der Waals surface area (Å²) in [5, 5.41) is 0. The lowest BCUT2D eigenvalue weighted by Gasteiger charge is -2.26. The molecule has 0 aromatic rings. The topological polar surface area (TPSA) is 24.5 Å². The first-order chi connectivity index (χ1) is 6.45. The fourth-order valence-electron chi connectivity index (χ4n) is 1.93. The van der Waals surface area contributed by atoms with Gasteiger partial charge in [-0.1, -0.05) is 6.42 Å². The van der Waals surface area contributed by atoms with Crippen LogP contribution in [0, 0.1) is 0 Å². The van der Waals surface area contributed by atoms with Crippen molar-refractivity contribution < 1.29 is 4.84 Å². The van der Waals surface area contributed by atoms with E-state index in [0.717, 1.165) is 13.0 Å². The highest BCUT2D eigenvalue weighted by Crippen LogP contribution is 2.11. The number of piperidine rings is 1. The largest absolute Gasteiger partial charge is 0.303 e. The van der Waals surface area contributed by atoms with Crippen LogP contribution < -0.4 is 5.48 Å². The molecular weight excluding hydrogens is 164 g/mol. The molecule has 2 rings (SSSR count). The Bertz CT molecular complexity index is 185. The molecule has 0 atom stereocenters. The summed E-state index contributed by atoms with van der Waals surface area (Å²) in [4.78, 5) is 7.58. The second kappa shape index (κ2) is 4.63. The van der Waals surface area contributed by atoms with Gasteiger partial charge in [0.1, 0.15) is 0 Å². The van der Waals surface area contributed by atoms with E-state index in [0.29, 0.717) is 0 Å². The molecule has 0 amide bonds. The van der Waals surface area contributed by atoms with Crippen LogP contribution in [-0.4, -0.2) is 31.1 Å². The normalized spacial score (nSPS) is 24.2. The first-order valence-corrected chi connectivity index (χ1v) is 5.24. The molecule has 1 saturated heterocycles. The van der Waals surface area contributed by atoms with E-state index in [9.17, 15) is 0 Å². The summed E-state index contributed by atoms with van der Waals surface area (Å²) in [5.41, 5.74) is 4.19. The molecule has 0 aromatic carbocycles. The maximum atomic E-state index is 5.04. The van der Waals surface area contributed by atoms with Gasteiger partial charge in [0.15, 0.2) is 0 Å². The Morgan fingerprint density at radius 2 is 2.15 bits per heavy atom. The Morgan fingerprint density at radius 1 is 1.31 bits per heavy atom. The van der Waals surface area contributed by atoms with Crippen LogP contribution in [0.3, 0.4) is 0 Å². The number of hydroxylamine groups is 1. The zero-order valence-corrected chi connectivity index (χ0v) is 8.09. The van der Waals surface area contributed by atoms with E-state index < -0.39 is 0 Å². The maximum Gasteiger partial charge on any atom is 0.0947 e. The predicted octanol–water partition coefficient (Wildman–Crippen LogP) is 1.28. The molecule has 0 spiro atoms. The van der Waals surface area contributed by atoms with Gasteiger partial charge in [-0.3, -0.25) is 10.3 Å². The minimum absolute atomic E-state index is 0.731. The Hall–Kier alpha value is -0.540. The molecule has 0 saturated carbocycles. The molecule has 1 N–H and O–H groups in total. The minimum atomic E-state index is 0.731. The van der Waals surface area contributed by atoms with Crippen LogP contribution in [0.25, 0.3) is 0 Å². The molecule has 2 aliphatic rings. The molecular formula is C10H18N2O. The van der Waals surface area contributed by atoms with E-state index in [1.165, 1.54) is 44.6 Å². The van der Waals surface area contributed by atoms with E-state index in [4.69, 9.17) is 4.84 Å². The van der Waals surface area contributed by atoms with E-state index in [-0.39, 0.29) is 0 Å². The van der Waals surface area contributed by atoms with Gasteiger partial charge in [-0.15, -0.1) is 0 Å². The van der Waals surface area contributed by atoms with Gasteiger partial charge in [0, 0.05) is 18.7 Å². The molecule has 3 nitrogen and oxygen atoms in total. The van der Waals surface area contributed by atoms with Gasteiger partial charge in [-0.05, 0) is 32.0 Å². The van der Waals surface area contributed by atoms with Gasteiger partial charge < -0.3 is 4.90 Å². The molecule has 0 aliphatic carbocycles. The van der Waals surface area contributed by atoms with Crippen molar-refractivity contribution in [2.24, 2.45) is 0 Å². The van der Waals surface area contributed by atoms with Gasteiger partial charge in [0.05, 0.1) is 6.61 Å². The van der Waals surface area contributed by atoms with Crippen molar-refractivity contribution in [1.29, 1.82) is 0 Å². The standard InChI is InChI=1S/C10H18N2O/c1-2-6-12(7-3-1)8-4-10-5-9-13-11-10/h5,11H,1-4,6-9H2. The fraction of sp³-hybridized carbons (Fsp3) is 0.800. The number of nitrogens with zero attached hydrogens (tertiary/aromatic N) is 1. The average Bonchev–Trinajstić information content (AvgIpc) is 2.69. The van der Waals surface area contributed by atoms with Crippen LogP contribution in [0.4, 0.5) is 0 Å². The summed E-state index contributed by atoms with van der Waals surface area (Å²) in [6.45, 7) is 4.49. The van der Waals surface area contributed by atoms with Gasteiger partial charge in [0.2, 0.25) is 0 Å². The zero-order valence-electron chi connectivity index (χ0n) is 8.09. The summed E-state index contributed by atoms with van der Waals surface area (Å²) >= 11 is 0. The first-order valence-electron chi connectivity index (χ1n) is 5.24.